The van der Waals surface area contributed by atoms with E-state index in [4.69, 9.17) is 58.8 Å². The zero-order valence-electron chi connectivity index (χ0n) is 27.8. The number of hydrogen-bond donors (Lipinski definition) is 0. The zero-order chi connectivity index (χ0) is 33.7. The van der Waals surface area contributed by atoms with Crippen LogP contribution >= 0.6 is 0 Å². The fourth-order valence-corrected chi connectivity index (χ4v) is 8.36. The molecule has 12 nitrogen and oxygen atoms in total. The van der Waals surface area contributed by atoms with E-state index in [1.165, 1.54) is 0 Å². The van der Waals surface area contributed by atoms with E-state index in [9.17, 15) is 0 Å². The zero-order valence-corrected chi connectivity index (χ0v) is 28.7. The molecule has 0 aliphatic carbocycles. The average Bonchev–Trinajstić information content (AvgIpc) is 4.01. The first-order valence-corrected chi connectivity index (χ1v) is 17.3. The number of fused-ring (bicyclic) bond motifs is 24. The Morgan fingerprint density at radius 2 is 0.547 bits per heavy atom. The summed E-state index contributed by atoms with van der Waals surface area (Å²) in [4.78, 5) is 41.1. The van der Waals surface area contributed by atoms with Gasteiger partial charge in [0.25, 0.3) is 0 Å². The van der Waals surface area contributed by atoms with Crippen LogP contribution in [-0.4, -0.2) is 29.9 Å². The van der Waals surface area contributed by atoms with Crippen LogP contribution in [-0.2, 0) is 88.9 Å². The van der Waals surface area contributed by atoms with Crippen LogP contribution in [0.4, 0.5) is 0 Å². The first kappa shape index (κ1) is 30.1. The van der Waals surface area contributed by atoms with Crippen molar-refractivity contribution in [3.63, 3.8) is 0 Å². The van der Waals surface area contributed by atoms with Crippen LogP contribution in [0.2, 0.25) is 0 Å². The minimum absolute atomic E-state index is 0. The summed E-state index contributed by atoms with van der Waals surface area (Å²) in [5, 5.41) is 3.52. The molecule has 9 heterocycles. The van der Waals surface area contributed by atoms with Crippen LogP contribution < -0.4 is 9.97 Å². The summed E-state index contributed by atoms with van der Waals surface area (Å²) >= 11 is 0. The molecule has 7 aromatic rings. The van der Waals surface area contributed by atoms with Gasteiger partial charge in [0, 0.05) is 44.8 Å². The van der Waals surface area contributed by atoms with Crippen molar-refractivity contribution in [3.8, 4) is 45.6 Å². The van der Waals surface area contributed by atoms with Crippen molar-refractivity contribution in [1.82, 2.24) is 39.9 Å². The molecule has 6 aliphatic heterocycles. The topological polar surface area (TPSA) is 142 Å². The standard InChI is InChI=1S/C40H24N8O4.Cu/c1-17-9-49-10-18(17)2-26-25(1)33-41-34(26)46-36-29-5-21-13-51-14-22(21)6-30(29)38(43-36)48-40-32-8-24-16-52-15-23(24)7-31(32)39(44-40)47-37-28-4-20-12-50-11-19(20)3-27(28)35(42-37)45-33;/h1-8H,9-16H2;/q-2;+2. The van der Waals surface area contributed by atoms with E-state index in [-0.39, 0.29) is 17.1 Å². The first-order chi connectivity index (χ1) is 25.7. The minimum Gasteiger partial charge on any atom is -0.372 e. The van der Waals surface area contributed by atoms with E-state index >= 15 is 0 Å². The maximum Gasteiger partial charge on any atom is 2.00 e. The van der Waals surface area contributed by atoms with E-state index in [0.717, 1.165) is 88.3 Å². The van der Waals surface area contributed by atoms with Gasteiger partial charge in [-0.05, 0) is 115 Å². The number of nitrogens with zero attached hydrogens (tertiary/aromatic N) is 8. The van der Waals surface area contributed by atoms with Crippen LogP contribution in [0.5, 0.6) is 0 Å². The number of rotatable bonds is 0. The van der Waals surface area contributed by atoms with Gasteiger partial charge in [0.2, 0.25) is 0 Å². The monoisotopic (exact) mass is 743 g/mol. The van der Waals surface area contributed by atoms with Crippen LogP contribution in [0.15, 0.2) is 48.5 Å². The van der Waals surface area contributed by atoms with E-state index in [2.05, 4.69) is 48.5 Å². The summed E-state index contributed by atoms with van der Waals surface area (Å²) in [5.74, 6) is 2.12. The third-order valence-corrected chi connectivity index (χ3v) is 11.0. The molecule has 0 N–H and O–H groups in total. The van der Waals surface area contributed by atoms with Gasteiger partial charge in [-0.15, -0.1) is 0 Å². The molecule has 0 saturated heterocycles. The SMILES string of the molecule is [Cu+2].c1c2c(cc3c1-c1nc-3nc3[n-]c(nc4nc(nc5[n-]c(n1)c1cc6c(cc51)COC6)-c1cc5c(cc1-4)COC5)c1cc4c(cc31)COC4)COC2. The van der Waals surface area contributed by atoms with E-state index in [1.807, 2.05) is 0 Å². The van der Waals surface area contributed by atoms with Gasteiger partial charge in [0.15, 0.2) is 0 Å². The Morgan fingerprint density at radius 3 is 0.792 bits per heavy atom. The van der Waals surface area contributed by atoms with E-state index < -0.39 is 0 Å². The van der Waals surface area contributed by atoms with Gasteiger partial charge in [0.05, 0.1) is 76.2 Å². The Kier molecular flexibility index (Phi) is 6.15. The van der Waals surface area contributed by atoms with Crippen molar-refractivity contribution in [2.45, 2.75) is 52.9 Å². The molecule has 259 valence electrons. The fourth-order valence-electron chi connectivity index (χ4n) is 8.36. The van der Waals surface area contributed by atoms with Gasteiger partial charge in [-0.1, -0.05) is 0 Å². The molecule has 0 atom stereocenters. The van der Waals surface area contributed by atoms with Crippen LogP contribution in [0.1, 0.15) is 44.5 Å². The van der Waals surface area contributed by atoms with E-state index in [0.29, 0.717) is 98.7 Å². The summed E-state index contributed by atoms with van der Waals surface area (Å²) in [6.07, 6.45) is 0. The molecule has 0 amide bonds. The van der Waals surface area contributed by atoms with Crippen LogP contribution in [0, 0.1) is 0 Å². The predicted molar refractivity (Wildman–Crippen MR) is 188 cm³/mol. The molecule has 3 aromatic heterocycles. The van der Waals surface area contributed by atoms with Crippen molar-refractivity contribution in [3.05, 3.63) is 93.0 Å². The molecule has 13 heteroatoms. The van der Waals surface area contributed by atoms with Crippen molar-refractivity contribution in [2.24, 2.45) is 0 Å². The minimum atomic E-state index is 0. The van der Waals surface area contributed by atoms with Gasteiger partial charge in [-0.2, -0.15) is 0 Å². The molecule has 6 aliphatic rings. The molecule has 13 rings (SSSR count). The fraction of sp³-hybridized carbons (Fsp3) is 0.200. The average molecular weight is 744 g/mol. The second kappa shape index (κ2) is 10.8. The molecular weight excluding hydrogens is 720 g/mol. The normalized spacial score (nSPS) is 16.0. The van der Waals surface area contributed by atoms with Crippen LogP contribution in [0.3, 0.4) is 0 Å². The Morgan fingerprint density at radius 1 is 0.321 bits per heavy atom. The van der Waals surface area contributed by atoms with Gasteiger partial charge in [-0.3, -0.25) is 0 Å². The van der Waals surface area contributed by atoms with Gasteiger partial charge >= 0.3 is 17.1 Å². The van der Waals surface area contributed by atoms with Gasteiger partial charge < -0.3 is 48.9 Å². The predicted octanol–water partition coefficient (Wildman–Crippen LogP) is 6.25. The maximum atomic E-state index is 5.83. The molecule has 4 aromatic carbocycles. The molecule has 0 unspecified atom stereocenters. The molecule has 8 bridgehead atoms. The summed E-state index contributed by atoms with van der Waals surface area (Å²) in [6, 6.07) is 17.0. The van der Waals surface area contributed by atoms with Crippen LogP contribution in [0.25, 0.3) is 89.7 Å². The van der Waals surface area contributed by atoms with E-state index in [1.54, 1.807) is 0 Å². The Labute approximate surface area is 310 Å². The van der Waals surface area contributed by atoms with Gasteiger partial charge in [0.1, 0.15) is 0 Å². The summed E-state index contributed by atoms with van der Waals surface area (Å²) < 4.78 is 23.3. The Hall–Kier alpha value is -5.40. The summed E-state index contributed by atoms with van der Waals surface area (Å²) in [6.45, 7) is 4.33. The number of benzene rings is 4. The number of aromatic nitrogens is 8. The molecule has 0 fully saturated rings. The molecule has 0 saturated carbocycles. The first-order valence-electron chi connectivity index (χ1n) is 17.3. The van der Waals surface area contributed by atoms with Crippen molar-refractivity contribution in [2.75, 3.05) is 0 Å². The number of hydrogen-bond acceptors (Lipinski definition) is 10. The molecular formula is C40H24CuN8O4. The second-order valence-electron chi connectivity index (χ2n) is 14.1. The third-order valence-electron chi connectivity index (χ3n) is 11.0. The third kappa shape index (κ3) is 4.31. The Bertz CT molecular complexity index is 2620. The largest absolute Gasteiger partial charge is 2.00 e. The van der Waals surface area contributed by atoms with Crippen molar-refractivity contribution >= 4 is 44.1 Å². The Balaban J connectivity index is 0.00000315. The summed E-state index contributed by atoms with van der Waals surface area (Å²) in [7, 11) is 0. The molecule has 0 spiro atoms. The second-order valence-corrected chi connectivity index (χ2v) is 14.1. The molecule has 53 heavy (non-hydrogen) atoms. The number of ether oxygens (including phenoxy) is 4. The van der Waals surface area contributed by atoms with Gasteiger partial charge in [-0.25, -0.2) is 9.97 Å². The quantitative estimate of drug-likeness (QED) is 0.162. The van der Waals surface area contributed by atoms with Crippen molar-refractivity contribution in [1.29, 1.82) is 0 Å². The molecule has 1 radical (unpaired) electrons. The maximum absolute atomic E-state index is 5.83. The smallest absolute Gasteiger partial charge is 0.372 e. The van der Waals surface area contributed by atoms with Crippen molar-refractivity contribution < 1.29 is 36.0 Å². The summed E-state index contributed by atoms with van der Waals surface area (Å²) in [5.41, 5.74) is 14.6.